The molecule has 0 aliphatic rings. The van der Waals surface area contributed by atoms with Crippen LogP contribution in [0.3, 0.4) is 0 Å². The zero-order valence-electron chi connectivity index (χ0n) is 18.7. The van der Waals surface area contributed by atoms with Crippen molar-refractivity contribution < 1.29 is 32.8 Å². The van der Waals surface area contributed by atoms with Crippen LogP contribution in [0, 0.1) is 0 Å². The second-order valence-electron chi connectivity index (χ2n) is 6.89. The molecule has 0 aromatic heterocycles. The van der Waals surface area contributed by atoms with E-state index in [9.17, 15) is 14.5 Å². The van der Waals surface area contributed by atoms with Gasteiger partial charge in [0, 0.05) is 6.42 Å². The average Bonchev–Trinajstić information content (AvgIpc) is 2.78. The first kappa shape index (κ1) is 26.0. The summed E-state index contributed by atoms with van der Waals surface area (Å²) in [6, 6.07) is 18.2. The van der Waals surface area contributed by atoms with Crippen molar-refractivity contribution in [2.45, 2.75) is 38.9 Å². The summed E-state index contributed by atoms with van der Waals surface area (Å²) in [4.78, 5) is 13.0. The van der Waals surface area contributed by atoms with Gasteiger partial charge in [-0.05, 0) is 31.9 Å². The first-order valence-electron chi connectivity index (χ1n) is 10.6. The summed E-state index contributed by atoms with van der Waals surface area (Å²) in [6.45, 7) is 5.10. The molecule has 2 rings (SSSR count). The predicted molar refractivity (Wildman–Crippen MR) is 123 cm³/mol. The molecule has 0 saturated carbocycles. The molecule has 7 nitrogen and oxygen atoms in total. The Morgan fingerprint density at radius 3 is 2.06 bits per heavy atom. The number of aliphatic hydroxyl groups is 1. The van der Waals surface area contributed by atoms with Crippen LogP contribution in [0.5, 0.6) is 0 Å². The Kier molecular flexibility index (Phi) is 10.3. The molecule has 2 aromatic rings. The van der Waals surface area contributed by atoms with Crippen LogP contribution < -0.4 is 0 Å². The topological polar surface area (TPSA) is 91.3 Å². The van der Waals surface area contributed by atoms with Gasteiger partial charge in [-0.2, -0.15) is 0 Å². The molecule has 0 unspecified atom stereocenters. The largest absolute Gasteiger partial charge is 0.475 e. The Bertz CT molecular complexity index is 891. The fourth-order valence-corrected chi connectivity index (χ4v) is 4.40. The maximum Gasteiger partial charge on any atom is 0.475 e. The van der Waals surface area contributed by atoms with Crippen LogP contribution in [0.1, 0.15) is 31.9 Å². The third-order valence-corrected chi connectivity index (χ3v) is 6.13. The number of benzene rings is 2. The molecule has 0 amide bonds. The monoisotopic (exact) mass is 462 g/mol. The number of ether oxygens (including phenoxy) is 1. The Labute approximate surface area is 189 Å². The lowest BCUT2D eigenvalue weighted by Crippen LogP contribution is -2.52. The Morgan fingerprint density at radius 1 is 0.969 bits per heavy atom. The highest BCUT2D eigenvalue weighted by Gasteiger charge is 2.49. The molecule has 0 fully saturated rings. The molecular weight excluding hydrogens is 431 g/mol. The van der Waals surface area contributed by atoms with E-state index < -0.39 is 25.5 Å². The van der Waals surface area contributed by atoms with E-state index in [1.54, 1.807) is 51.1 Å². The van der Waals surface area contributed by atoms with Gasteiger partial charge in [-0.3, -0.25) is 13.6 Å². The highest BCUT2D eigenvalue weighted by Crippen LogP contribution is 2.52. The highest BCUT2D eigenvalue weighted by atomic mass is 31.2. The zero-order valence-corrected chi connectivity index (χ0v) is 19.6. The molecule has 2 atom stereocenters. The summed E-state index contributed by atoms with van der Waals surface area (Å²) in [6.07, 6.45) is 1.63. The summed E-state index contributed by atoms with van der Waals surface area (Å²) in [5.41, 5.74) is -0.714. The quantitative estimate of drug-likeness (QED) is 0.338. The smallest absolute Gasteiger partial charge is 0.464 e. The predicted octanol–water partition coefficient (Wildman–Crippen LogP) is 4.80. The standard InChI is InChI=1S/C24H31O7P/c1-4-28-23(25)24(26,19-21-15-11-8-12-16-21)22(18-17-20-13-9-7-10-14-20)31-32(27,29-5-2)30-6-3/h7-18,22,26H,4-6,19H2,1-3H3/b18-17+/t22-,24-/m0/s1. The second-order valence-corrected chi connectivity index (χ2v) is 8.51. The first-order chi connectivity index (χ1) is 15.4. The number of esters is 1. The van der Waals surface area contributed by atoms with E-state index in [1.807, 2.05) is 36.4 Å². The van der Waals surface area contributed by atoms with Gasteiger partial charge in [-0.15, -0.1) is 0 Å². The van der Waals surface area contributed by atoms with E-state index in [2.05, 4.69) is 0 Å². The van der Waals surface area contributed by atoms with Gasteiger partial charge >= 0.3 is 13.8 Å². The molecule has 0 spiro atoms. The maximum absolute atomic E-state index is 13.2. The van der Waals surface area contributed by atoms with Crippen molar-refractivity contribution in [1.29, 1.82) is 0 Å². The third-order valence-electron chi connectivity index (χ3n) is 4.50. The Balaban J connectivity index is 2.52. The number of carbonyl (C=O) groups is 1. The van der Waals surface area contributed by atoms with E-state index in [4.69, 9.17) is 18.3 Å². The van der Waals surface area contributed by atoms with Crippen LogP contribution >= 0.6 is 7.82 Å². The molecular formula is C24H31O7P. The number of hydrogen-bond acceptors (Lipinski definition) is 7. The molecule has 0 saturated heterocycles. The van der Waals surface area contributed by atoms with Crippen molar-refractivity contribution in [3.05, 3.63) is 77.9 Å². The van der Waals surface area contributed by atoms with Crippen molar-refractivity contribution in [2.75, 3.05) is 19.8 Å². The Hall–Kier alpha value is -2.28. The first-order valence-corrected chi connectivity index (χ1v) is 12.1. The number of phosphoric ester groups is 1. The molecule has 0 aliphatic heterocycles. The normalized spacial score (nSPS) is 14.8. The van der Waals surface area contributed by atoms with Crippen molar-refractivity contribution >= 4 is 19.9 Å². The molecule has 1 N–H and O–H groups in total. The molecule has 32 heavy (non-hydrogen) atoms. The summed E-state index contributed by atoms with van der Waals surface area (Å²) < 4.78 is 34.5. The SMILES string of the molecule is CCOC(=O)[C@](O)(Cc1ccccc1)[C@H](/C=C/c1ccccc1)OP(=O)(OCC)OCC. The van der Waals surface area contributed by atoms with Gasteiger partial charge in [0.05, 0.1) is 19.8 Å². The van der Waals surface area contributed by atoms with Gasteiger partial charge in [-0.25, -0.2) is 9.36 Å². The molecule has 0 heterocycles. The Morgan fingerprint density at radius 2 is 1.53 bits per heavy atom. The summed E-state index contributed by atoms with van der Waals surface area (Å²) in [5.74, 6) is -0.897. The van der Waals surface area contributed by atoms with E-state index in [0.717, 1.165) is 5.56 Å². The lowest BCUT2D eigenvalue weighted by molar-refractivity contribution is -0.173. The van der Waals surface area contributed by atoms with Crippen LogP contribution in [-0.2, 0) is 34.1 Å². The molecule has 2 aromatic carbocycles. The number of phosphoric acid groups is 1. The third kappa shape index (κ3) is 7.40. The lowest BCUT2D eigenvalue weighted by atomic mass is 9.88. The van der Waals surface area contributed by atoms with E-state index in [1.165, 1.54) is 6.08 Å². The van der Waals surface area contributed by atoms with Gasteiger partial charge in [0.25, 0.3) is 0 Å². The fourth-order valence-electron chi connectivity index (χ4n) is 3.05. The zero-order chi connectivity index (χ0) is 23.5. The second kappa shape index (κ2) is 12.7. The summed E-state index contributed by atoms with van der Waals surface area (Å²) in [7, 11) is -4.08. The van der Waals surface area contributed by atoms with Crippen molar-refractivity contribution in [2.24, 2.45) is 0 Å². The minimum Gasteiger partial charge on any atom is -0.464 e. The minimum absolute atomic E-state index is 0.0552. The van der Waals surface area contributed by atoms with Crippen molar-refractivity contribution in [3.63, 3.8) is 0 Å². The molecule has 174 valence electrons. The highest BCUT2D eigenvalue weighted by molar-refractivity contribution is 7.48. The number of rotatable bonds is 13. The maximum atomic E-state index is 13.2. The van der Waals surface area contributed by atoms with Crippen molar-refractivity contribution in [1.82, 2.24) is 0 Å². The summed E-state index contributed by atoms with van der Waals surface area (Å²) >= 11 is 0. The van der Waals surface area contributed by atoms with E-state index in [-0.39, 0.29) is 26.2 Å². The van der Waals surface area contributed by atoms with E-state index >= 15 is 0 Å². The van der Waals surface area contributed by atoms with Gasteiger partial charge < -0.3 is 9.84 Å². The van der Waals surface area contributed by atoms with Crippen LogP contribution in [0.4, 0.5) is 0 Å². The lowest BCUT2D eigenvalue weighted by Gasteiger charge is -2.33. The van der Waals surface area contributed by atoms with Crippen LogP contribution in [0.15, 0.2) is 66.7 Å². The molecule has 0 aliphatic carbocycles. The minimum atomic E-state index is -4.08. The van der Waals surface area contributed by atoms with Crippen LogP contribution in [-0.4, -0.2) is 42.6 Å². The van der Waals surface area contributed by atoms with Gasteiger partial charge in [-0.1, -0.05) is 72.8 Å². The van der Waals surface area contributed by atoms with Gasteiger partial charge in [0.15, 0.2) is 5.60 Å². The molecule has 8 heteroatoms. The molecule has 0 bridgehead atoms. The molecule has 0 radical (unpaired) electrons. The summed E-state index contributed by atoms with van der Waals surface area (Å²) in [5, 5.41) is 11.6. The number of carbonyl (C=O) groups excluding carboxylic acids is 1. The van der Waals surface area contributed by atoms with Crippen LogP contribution in [0.2, 0.25) is 0 Å². The van der Waals surface area contributed by atoms with Crippen molar-refractivity contribution in [3.8, 4) is 0 Å². The van der Waals surface area contributed by atoms with Gasteiger partial charge in [0.1, 0.15) is 6.10 Å². The van der Waals surface area contributed by atoms with E-state index in [0.29, 0.717) is 5.56 Å². The fraction of sp³-hybridized carbons (Fsp3) is 0.375. The number of hydrogen-bond donors (Lipinski definition) is 1. The average molecular weight is 462 g/mol. The van der Waals surface area contributed by atoms with Gasteiger partial charge in [0.2, 0.25) is 0 Å². The van der Waals surface area contributed by atoms with Crippen LogP contribution in [0.25, 0.3) is 6.08 Å².